The van der Waals surface area contributed by atoms with Crippen LogP contribution in [0.5, 0.6) is 11.5 Å². The Kier molecular flexibility index (Phi) is 6.06. The summed E-state index contributed by atoms with van der Waals surface area (Å²) in [5.41, 5.74) is -0.296. The van der Waals surface area contributed by atoms with Crippen LogP contribution in [0, 0.1) is 5.82 Å². The number of para-hydroxylation sites is 1. The second-order valence-corrected chi connectivity index (χ2v) is 8.27. The summed E-state index contributed by atoms with van der Waals surface area (Å²) in [5, 5.41) is 2.52. The average Bonchev–Trinajstić information content (AvgIpc) is 2.83. The van der Waals surface area contributed by atoms with Crippen molar-refractivity contribution in [1.29, 1.82) is 0 Å². The summed E-state index contributed by atoms with van der Waals surface area (Å²) < 4.78 is 24.9. The van der Waals surface area contributed by atoms with Crippen LogP contribution >= 0.6 is 0 Å². The van der Waals surface area contributed by atoms with Gasteiger partial charge in [0.15, 0.2) is 11.4 Å². The van der Waals surface area contributed by atoms with Gasteiger partial charge in [0.05, 0.1) is 25.0 Å². The van der Waals surface area contributed by atoms with Crippen LogP contribution in [0.15, 0.2) is 66.7 Å². The fourth-order valence-electron chi connectivity index (χ4n) is 3.63. The highest BCUT2D eigenvalue weighted by Crippen LogP contribution is 2.38. The number of ketones is 1. The number of methoxy groups -OCH3 is 1. The van der Waals surface area contributed by atoms with E-state index in [2.05, 4.69) is 5.32 Å². The zero-order chi connectivity index (χ0) is 24.5. The van der Waals surface area contributed by atoms with E-state index < -0.39 is 23.2 Å². The minimum atomic E-state index is -1.20. The molecule has 8 heteroatoms. The molecule has 3 aromatic carbocycles. The largest absolute Gasteiger partial charge is 0.497 e. The number of carbonyl (C=O) groups excluding carboxylic acids is 3. The molecule has 34 heavy (non-hydrogen) atoms. The van der Waals surface area contributed by atoms with Gasteiger partial charge in [-0.05, 0) is 68.4 Å². The van der Waals surface area contributed by atoms with Gasteiger partial charge in [0.1, 0.15) is 17.3 Å². The van der Waals surface area contributed by atoms with E-state index >= 15 is 0 Å². The Balaban J connectivity index is 1.65. The predicted molar refractivity (Wildman–Crippen MR) is 125 cm³/mol. The lowest BCUT2D eigenvalue weighted by Crippen LogP contribution is -2.53. The molecule has 0 fully saturated rings. The molecule has 4 rings (SSSR count). The van der Waals surface area contributed by atoms with E-state index in [9.17, 15) is 18.8 Å². The highest BCUT2D eigenvalue weighted by atomic mass is 19.1. The Labute approximate surface area is 196 Å². The number of hydrogen-bond donors (Lipinski definition) is 1. The molecule has 0 unspecified atom stereocenters. The van der Waals surface area contributed by atoms with Gasteiger partial charge in [-0.2, -0.15) is 0 Å². The van der Waals surface area contributed by atoms with Crippen molar-refractivity contribution in [3.63, 3.8) is 0 Å². The maximum absolute atomic E-state index is 14.0. The second kappa shape index (κ2) is 8.97. The van der Waals surface area contributed by atoms with Gasteiger partial charge in [-0.25, -0.2) is 4.39 Å². The van der Waals surface area contributed by atoms with Crippen LogP contribution in [0.2, 0.25) is 0 Å². The fourth-order valence-corrected chi connectivity index (χ4v) is 3.63. The molecular formula is C26H23FN2O5. The van der Waals surface area contributed by atoms with Crippen LogP contribution in [0.3, 0.4) is 0 Å². The van der Waals surface area contributed by atoms with Crippen molar-refractivity contribution < 1.29 is 28.2 Å². The van der Waals surface area contributed by atoms with Crippen molar-refractivity contribution in [3.8, 4) is 11.5 Å². The first kappa shape index (κ1) is 23.0. The van der Waals surface area contributed by atoms with Gasteiger partial charge in [0.25, 0.3) is 11.8 Å². The van der Waals surface area contributed by atoms with E-state index in [4.69, 9.17) is 9.47 Å². The first-order valence-electron chi connectivity index (χ1n) is 10.6. The Hall–Kier alpha value is -4.20. The monoisotopic (exact) mass is 462 g/mol. The first-order valence-corrected chi connectivity index (χ1v) is 10.6. The van der Waals surface area contributed by atoms with Gasteiger partial charge in [-0.15, -0.1) is 0 Å². The summed E-state index contributed by atoms with van der Waals surface area (Å²) in [6, 6.07) is 16.9. The van der Waals surface area contributed by atoms with Crippen LogP contribution < -0.4 is 19.7 Å². The lowest BCUT2D eigenvalue weighted by Gasteiger charge is -2.38. The number of nitrogens with zero attached hydrogens (tertiary/aromatic N) is 1. The van der Waals surface area contributed by atoms with Gasteiger partial charge < -0.3 is 14.8 Å². The minimum Gasteiger partial charge on any atom is -0.497 e. The number of benzene rings is 3. The summed E-state index contributed by atoms with van der Waals surface area (Å²) >= 11 is 0. The molecule has 1 aliphatic rings. The molecular weight excluding hydrogens is 439 g/mol. The highest BCUT2D eigenvalue weighted by molar-refractivity contribution is 6.11. The Morgan fingerprint density at radius 1 is 1.03 bits per heavy atom. The maximum atomic E-state index is 14.0. The quantitative estimate of drug-likeness (QED) is 0.547. The number of carbonyl (C=O) groups is 3. The molecule has 0 saturated carbocycles. The van der Waals surface area contributed by atoms with E-state index in [1.807, 2.05) is 0 Å². The Morgan fingerprint density at radius 2 is 1.71 bits per heavy atom. The number of Topliss-reactive ketones (excluding diaryl/α,β-unsaturated/α-hetero) is 1. The van der Waals surface area contributed by atoms with E-state index in [1.54, 1.807) is 50.2 Å². The third-order valence-electron chi connectivity index (χ3n) is 5.47. The number of fused-ring (bicyclic) bond motifs is 1. The van der Waals surface area contributed by atoms with Gasteiger partial charge in [0, 0.05) is 11.1 Å². The third kappa shape index (κ3) is 4.47. The number of amides is 2. The summed E-state index contributed by atoms with van der Waals surface area (Å²) in [5.74, 6) is -0.882. The molecule has 0 radical (unpaired) electrons. The second-order valence-electron chi connectivity index (χ2n) is 8.27. The van der Waals surface area contributed by atoms with Crippen molar-refractivity contribution >= 4 is 29.0 Å². The zero-order valence-corrected chi connectivity index (χ0v) is 18.9. The Morgan fingerprint density at radius 3 is 2.38 bits per heavy atom. The number of ether oxygens (including phenoxy) is 2. The number of nitrogens with one attached hydrogen (secondary N) is 1. The molecule has 0 aliphatic carbocycles. The molecule has 1 N–H and O–H groups in total. The van der Waals surface area contributed by atoms with Crippen molar-refractivity contribution in [2.75, 3.05) is 23.9 Å². The molecule has 0 spiro atoms. The predicted octanol–water partition coefficient (Wildman–Crippen LogP) is 4.47. The molecule has 2 amide bonds. The van der Waals surface area contributed by atoms with Crippen molar-refractivity contribution in [1.82, 2.24) is 0 Å². The van der Waals surface area contributed by atoms with Crippen molar-refractivity contribution in [2.45, 2.75) is 19.4 Å². The van der Waals surface area contributed by atoms with E-state index in [0.29, 0.717) is 17.1 Å². The standard InChI is InChI=1S/C26H23FN2O5/c1-26(2)25(32)29(15-22(30)16-8-11-18(33-3)12-9-16)21-14-17(10-13-23(21)34-26)24(31)28-20-7-5-4-6-19(20)27/h4-14H,15H2,1-3H3,(H,28,31). The molecule has 0 atom stereocenters. The van der Waals surface area contributed by atoms with E-state index in [1.165, 1.54) is 42.3 Å². The molecule has 0 aromatic heterocycles. The Bertz CT molecular complexity index is 1270. The number of halogens is 1. The van der Waals surface area contributed by atoms with Crippen molar-refractivity contribution in [3.05, 3.63) is 83.7 Å². The smallest absolute Gasteiger partial charge is 0.271 e. The van der Waals surface area contributed by atoms with Crippen LogP contribution in [-0.4, -0.2) is 36.9 Å². The molecule has 1 heterocycles. The average molecular weight is 462 g/mol. The summed E-state index contributed by atoms with van der Waals surface area (Å²) in [6.07, 6.45) is 0. The van der Waals surface area contributed by atoms with Crippen LogP contribution in [0.25, 0.3) is 0 Å². The molecule has 1 aliphatic heterocycles. The number of anilines is 2. The third-order valence-corrected chi connectivity index (χ3v) is 5.47. The fraction of sp³-hybridized carbons (Fsp3) is 0.192. The maximum Gasteiger partial charge on any atom is 0.271 e. The highest BCUT2D eigenvalue weighted by Gasteiger charge is 2.42. The normalized spacial score (nSPS) is 14.1. The number of hydrogen-bond acceptors (Lipinski definition) is 5. The lowest BCUT2D eigenvalue weighted by atomic mass is 10.0. The number of rotatable bonds is 6. The van der Waals surface area contributed by atoms with Crippen LogP contribution in [-0.2, 0) is 4.79 Å². The van der Waals surface area contributed by atoms with Gasteiger partial charge in [0.2, 0.25) is 0 Å². The minimum absolute atomic E-state index is 0.0326. The van der Waals surface area contributed by atoms with E-state index in [-0.39, 0.29) is 29.3 Å². The first-order chi connectivity index (χ1) is 16.2. The van der Waals surface area contributed by atoms with Crippen LogP contribution in [0.1, 0.15) is 34.6 Å². The molecule has 0 bridgehead atoms. The SMILES string of the molecule is COc1ccc(C(=O)CN2C(=O)C(C)(C)Oc3ccc(C(=O)Nc4ccccc4F)cc32)cc1. The van der Waals surface area contributed by atoms with Gasteiger partial charge in [-0.3, -0.25) is 19.3 Å². The summed E-state index contributed by atoms with van der Waals surface area (Å²) in [7, 11) is 1.53. The van der Waals surface area contributed by atoms with Crippen LogP contribution in [0.4, 0.5) is 15.8 Å². The van der Waals surface area contributed by atoms with Gasteiger partial charge in [-0.1, -0.05) is 12.1 Å². The summed E-state index contributed by atoms with van der Waals surface area (Å²) in [6.45, 7) is 2.98. The van der Waals surface area contributed by atoms with E-state index in [0.717, 1.165) is 0 Å². The molecule has 0 saturated heterocycles. The molecule has 3 aromatic rings. The van der Waals surface area contributed by atoms with Crippen molar-refractivity contribution in [2.24, 2.45) is 0 Å². The topological polar surface area (TPSA) is 84.9 Å². The molecule has 7 nitrogen and oxygen atoms in total. The lowest BCUT2D eigenvalue weighted by molar-refractivity contribution is -0.132. The molecule has 174 valence electrons. The van der Waals surface area contributed by atoms with Gasteiger partial charge >= 0.3 is 0 Å². The zero-order valence-electron chi connectivity index (χ0n) is 18.9. The summed E-state index contributed by atoms with van der Waals surface area (Å²) in [4.78, 5) is 40.2.